The zero-order chi connectivity index (χ0) is 22.7. The monoisotopic (exact) mass is 450 g/mol. The summed E-state index contributed by atoms with van der Waals surface area (Å²) >= 11 is 0. The van der Waals surface area contributed by atoms with Crippen molar-refractivity contribution in [3.8, 4) is 0 Å². The van der Waals surface area contributed by atoms with Gasteiger partial charge in [-0.15, -0.1) is 0 Å². The zero-order valence-electron chi connectivity index (χ0n) is 19.9. The summed E-state index contributed by atoms with van der Waals surface area (Å²) in [5, 5.41) is 14.8. The van der Waals surface area contributed by atoms with E-state index in [9.17, 15) is 0 Å². The fourth-order valence-corrected chi connectivity index (χ4v) is 7.10. The zero-order valence-corrected chi connectivity index (χ0v) is 20.9. The lowest BCUT2D eigenvalue weighted by Crippen LogP contribution is -2.56. The Bertz CT molecular complexity index is 401. The lowest BCUT2D eigenvalue weighted by Gasteiger charge is -2.43. The van der Waals surface area contributed by atoms with Crippen molar-refractivity contribution in [2.45, 2.75) is 91.5 Å². The predicted molar refractivity (Wildman–Crippen MR) is 123 cm³/mol. The number of unbranched alkanes of at least 4 members (excludes halogenated alkanes) is 5. The highest BCUT2D eigenvalue weighted by molar-refractivity contribution is 6.60. The number of quaternary nitrogens is 1. The second kappa shape index (κ2) is 17.9. The molecule has 0 radical (unpaired) electrons. The fraction of sp³-hybridized carbons (Fsp3) is 1.00. The molecular formula is C21H46N2O6Si. The third kappa shape index (κ3) is 13.5. The van der Waals surface area contributed by atoms with E-state index in [1.54, 1.807) is 0 Å². The van der Waals surface area contributed by atoms with Crippen LogP contribution in [0.5, 0.6) is 0 Å². The van der Waals surface area contributed by atoms with E-state index in [1.807, 2.05) is 0 Å². The molecule has 9 heteroatoms. The van der Waals surface area contributed by atoms with E-state index in [0.717, 1.165) is 6.04 Å². The van der Waals surface area contributed by atoms with Crippen molar-refractivity contribution in [3.63, 3.8) is 0 Å². The minimum absolute atomic E-state index is 0.684. The Morgan fingerprint density at radius 3 is 1.70 bits per heavy atom. The first-order valence-electron chi connectivity index (χ1n) is 12.0. The Morgan fingerprint density at radius 1 is 0.767 bits per heavy atom. The lowest BCUT2D eigenvalue weighted by molar-refractivity contribution is -0.931. The van der Waals surface area contributed by atoms with Crippen molar-refractivity contribution in [1.82, 2.24) is 0 Å². The standard InChI is InChI=1S/C21H46NO3Si.NO3/c1-5-9-10-11-12-14-17-22(18-15-13-16-19-22)20-21-26(23-6-2,24-7-3)25-8-4;2-1(3)4/h5-21H2,1-4H3;/q+1;-1. The molecule has 1 rings (SSSR count). The van der Waals surface area contributed by atoms with Crippen LogP contribution in [0.1, 0.15) is 85.5 Å². The van der Waals surface area contributed by atoms with E-state index < -0.39 is 13.9 Å². The number of piperidine rings is 1. The second-order valence-corrected chi connectivity index (χ2v) is 10.8. The Balaban J connectivity index is 0.00000192. The molecule has 0 aromatic carbocycles. The molecule has 1 heterocycles. The van der Waals surface area contributed by atoms with Crippen molar-refractivity contribution in [3.05, 3.63) is 15.3 Å². The third-order valence-electron chi connectivity index (χ3n) is 5.74. The van der Waals surface area contributed by atoms with Crippen LogP contribution in [0.4, 0.5) is 0 Å². The summed E-state index contributed by atoms with van der Waals surface area (Å²) in [4.78, 5) is 8.25. The van der Waals surface area contributed by atoms with Crippen molar-refractivity contribution in [1.29, 1.82) is 0 Å². The number of likely N-dealkylation sites (tertiary alicyclic amines) is 1. The van der Waals surface area contributed by atoms with Crippen LogP contribution in [0.2, 0.25) is 6.04 Å². The number of nitrogens with zero attached hydrogens (tertiary/aromatic N) is 2. The summed E-state index contributed by atoms with van der Waals surface area (Å²) in [7, 11) is -2.51. The van der Waals surface area contributed by atoms with Crippen molar-refractivity contribution < 1.29 is 22.8 Å². The van der Waals surface area contributed by atoms with Crippen LogP contribution in [0, 0.1) is 15.3 Å². The predicted octanol–water partition coefficient (Wildman–Crippen LogP) is 5.16. The van der Waals surface area contributed by atoms with Gasteiger partial charge in [0.15, 0.2) is 0 Å². The molecule has 1 fully saturated rings. The highest BCUT2D eigenvalue weighted by Gasteiger charge is 2.44. The molecule has 0 atom stereocenters. The van der Waals surface area contributed by atoms with Gasteiger partial charge in [0, 0.05) is 19.8 Å². The van der Waals surface area contributed by atoms with Crippen LogP contribution in [0.15, 0.2) is 0 Å². The first-order valence-corrected chi connectivity index (χ1v) is 13.9. The van der Waals surface area contributed by atoms with Crippen LogP contribution in [0.3, 0.4) is 0 Å². The Hall–Kier alpha value is -0.743. The molecule has 8 nitrogen and oxygen atoms in total. The second-order valence-electron chi connectivity index (χ2n) is 8.02. The molecule has 0 aromatic rings. The van der Waals surface area contributed by atoms with E-state index in [-0.39, 0.29) is 0 Å². The van der Waals surface area contributed by atoms with Gasteiger partial charge in [-0.3, -0.25) is 0 Å². The molecule has 0 saturated carbocycles. The maximum atomic E-state index is 8.25. The molecule has 0 amide bonds. The molecule has 1 aliphatic heterocycles. The van der Waals surface area contributed by atoms with E-state index in [1.165, 1.54) is 88.4 Å². The summed E-state index contributed by atoms with van der Waals surface area (Å²) in [6.07, 6.45) is 12.5. The smallest absolute Gasteiger partial charge is 0.374 e. The minimum atomic E-state index is -2.51. The molecule has 180 valence electrons. The SMILES string of the molecule is CCCCCCCC[N+]1(CC[Si](OCC)(OCC)OCC)CCCCC1.O=[N+]([O-])[O-]. The highest BCUT2D eigenvalue weighted by atomic mass is 28.4. The number of hydrogen-bond donors (Lipinski definition) is 0. The van der Waals surface area contributed by atoms with Gasteiger partial charge in [-0.05, 0) is 52.9 Å². The van der Waals surface area contributed by atoms with Gasteiger partial charge >= 0.3 is 8.80 Å². The molecule has 0 unspecified atom stereocenters. The first kappa shape index (κ1) is 29.3. The Morgan fingerprint density at radius 2 is 1.23 bits per heavy atom. The number of rotatable bonds is 16. The van der Waals surface area contributed by atoms with Crippen LogP contribution >= 0.6 is 0 Å². The largest absolute Gasteiger partial charge is 0.506 e. The maximum absolute atomic E-state index is 8.25. The van der Waals surface area contributed by atoms with Crippen molar-refractivity contribution in [2.75, 3.05) is 46.0 Å². The van der Waals surface area contributed by atoms with E-state index in [2.05, 4.69) is 27.7 Å². The van der Waals surface area contributed by atoms with Crippen LogP contribution in [0.25, 0.3) is 0 Å². The molecule has 0 aliphatic carbocycles. The molecule has 0 spiro atoms. The lowest BCUT2D eigenvalue weighted by atomic mass is 10.1. The summed E-state index contributed by atoms with van der Waals surface area (Å²) in [5.41, 5.74) is 0. The molecular weight excluding hydrogens is 404 g/mol. The maximum Gasteiger partial charge on any atom is 0.506 e. The summed E-state index contributed by atoms with van der Waals surface area (Å²) in [5.74, 6) is 0. The molecule has 30 heavy (non-hydrogen) atoms. The van der Waals surface area contributed by atoms with Gasteiger partial charge in [0.25, 0.3) is 0 Å². The van der Waals surface area contributed by atoms with Crippen molar-refractivity contribution >= 4 is 8.80 Å². The number of hydrogen-bond acceptors (Lipinski definition) is 6. The average Bonchev–Trinajstić information content (AvgIpc) is 2.70. The Kier molecular flexibility index (Phi) is 17.4. The van der Waals surface area contributed by atoms with Crippen LogP contribution in [-0.4, -0.2) is 64.4 Å². The summed E-state index contributed by atoms with van der Waals surface area (Å²) in [6.45, 7) is 15.7. The quantitative estimate of drug-likeness (QED) is 0.106. The molecule has 1 aliphatic rings. The van der Waals surface area contributed by atoms with Crippen LogP contribution < -0.4 is 0 Å². The highest BCUT2D eigenvalue weighted by Crippen LogP contribution is 2.25. The van der Waals surface area contributed by atoms with Gasteiger partial charge in [-0.1, -0.05) is 32.6 Å². The average molecular weight is 451 g/mol. The van der Waals surface area contributed by atoms with E-state index in [4.69, 9.17) is 28.6 Å². The van der Waals surface area contributed by atoms with Crippen molar-refractivity contribution in [2.24, 2.45) is 0 Å². The Labute approximate surface area is 185 Å². The first-order chi connectivity index (χ1) is 14.4. The topological polar surface area (TPSA) is 93.9 Å². The van der Waals surface area contributed by atoms with E-state index >= 15 is 0 Å². The van der Waals surface area contributed by atoms with Gasteiger partial charge in [0.05, 0.1) is 37.3 Å². The normalized spacial score (nSPS) is 16.0. The van der Waals surface area contributed by atoms with Gasteiger partial charge in [-0.2, -0.15) is 0 Å². The third-order valence-corrected chi connectivity index (χ3v) is 8.76. The van der Waals surface area contributed by atoms with Gasteiger partial charge in [-0.25, -0.2) is 0 Å². The molecule has 0 N–H and O–H groups in total. The van der Waals surface area contributed by atoms with Gasteiger partial charge < -0.3 is 33.1 Å². The minimum Gasteiger partial charge on any atom is -0.374 e. The molecule has 0 bridgehead atoms. The van der Waals surface area contributed by atoms with Gasteiger partial charge in [0.1, 0.15) is 0 Å². The molecule has 1 saturated heterocycles. The molecule has 0 aromatic heterocycles. The summed E-state index contributed by atoms with van der Waals surface area (Å²) < 4.78 is 19.6. The van der Waals surface area contributed by atoms with Crippen LogP contribution in [-0.2, 0) is 13.3 Å². The summed E-state index contributed by atoms with van der Waals surface area (Å²) in [6, 6.07) is 0.971. The fourth-order valence-electron chi connectivity index (χ4n) is 4.34. The van der Waals surface area contributed by atoms with E-state index in [0.29, 0.717) is 19.8 Å². The van der Waals surface area contributed by atoms with Gasteiger partial charge in [0.2, 0.25) is 0 Å².